The molecule has 2 aromatic rings. The van der Waals surface area contributed by atoms with Crippen LogP contribution in [0.25, 0.3) is 0 Å². The summed E-state index contributed by atoms with van der Waals surface area (Å²) in [6, 6.07) is 14.4. The van der Waals surface area contributed by atoms with Gasteiger partial charge in [0.25, 0.3) is 5.91 Å². The summed E-state index contributed by atoms with van der Waals surface area (Å²) in [6.07, 6.45) is 0. The van der Waals surface area contributed by atoms with E-state index in [9.17, 15) is 14.0 Å². The van der Waals surface area contributed by atoms with E-state index in [1.165, 1.54) is 17.8 Å². The van der Waals surface area contributed by atoms with Crippen LogP contribution in [0.3, 0.4) is 0 Å². The molecule has 0 saturated carbocycles. The molecule has 152 valence electrons. The lowest BCUT2D eigenvalue weighted by Gasteiger charge is -2.43. The standard InChI is InChI=1S/C22H24FN3O2S/c1-3-26-18-10-6-7-11-19(18)29-22(2,21(26)28)20(27)25-14-12-24(13-15-25)17-9-5-4-8-16(17)23/h4-11H,3,12-15H2,1-2H3. The molecule has 2 aromatic carbocycles. The van der Waals surface area contributed by atoms with Gasteiger partial charge in [0.1, 0.15) is 5.82 Å². The predicted molar refractivity (Wildman–Crippen MR) is 114 cm³/mol. The molecule has 0 bridgehead atoms. The van der Waals surface area contributed by atoms with Crippen molar-refractivity contribution in [3.05, 3.63) is 54.3 Å². The fourth-order valence-electron chi connectivity index (χ4n) is 4.01. The molecule has 7 heteroatoms. The Hall–Kier alpha value is -2.54. The van der Waals surface area contributed by atoms with Crippen molar-refractivity contribution < 1.29 is 14.0 Å². The van der Waals surface area contributed by atoms with Crippen LogP contribution in [0.1, 0.15) is 13.8 Å². The van der Waals surface area contributed by atoms with Crippen LogP contribution in [0.5, 0.6) is 0 Å². The summed E-state index contributed by atoms with van der Waals surface area (Å²) in [5.74, 6) is -0.605. The molecule has 2 aliphatic heterocycles. The monoisotopic (exact) mass is 413 g/mol. The minimum absolute atomic E-state index is 0.173. The molecular formula is C22H24FN3O2S. The Bertz CT molecular complexity index is 945. The third kappa shape index (κ3) is 3.37. The number of amides is 2. The van der Waals surface area contributed by atoms with E-state index >= 15 is 0 Å². The van der Waals surface area contributed by atoms with Crippen molar-refractivity contribution in [2.75, 3.05) is 42.5 Å². The van der Waals surface area contributed by atoms with E-state index < -0.39 is 4.75 Å². The van der Waals surface area contributed by atoms with Gasteiger partial charge in [-0.2, -0.15) is 0 Å². The average Bonchev–Trinajstić information content (AvgIpc) is 2.75. The van der Waals surface area contributed by atoms with Gasteiger partial charge in [0, 0.05) is 37.6 Å². The van der Waals surface area contributed by atoms with Crippen LogP contribution >= 0.6 is 11.8 Å². The predicted octanol–water partition coefficient (Wildman–Crippen LogP) is 3.39. The molecule has 0 radical (unpaired) electrons. The van der Waals surface area contributed by atoms with Gasteiger partial charge in [0.2, 0.25) is 5.91 Å². The summed E-state index contributed by atoms with van der Waals surface area (Å²) in [5.41, 5.74) is 1.42. The lowest BCUT2D eigenvalue weighted by Crippen LogP contribution is -2.60. The highest BCUT2D eigenvalue weighted by Crippen LogP contribution is 2.46. The Morgan fingerprint density at radius 1 is 1.03 bits per heavy atom. The number of hydrogen-bond donors (Lipinski definition) is 0. The lowest BCUT2D eigenvalue weighted by molar-refractivity contribution is -0.138. The molecule has 1 unspecified atom stereocenters. The van der Waals surface area contributed by atoms with Crippen LogP contribution in [0.2, 0.25) is 0 Å². The largest absolute Gasteiger partial charge is 0.366 e. The number of benzene rings is 2. The fraction of sp³-hybridized carbons (Fsp3) is 0.364. The molecule has 2 heterocycles. The van der Waals surface area contributed by atoms with E-state index in [0.29, 0.717) is 38.4 Å². The molecule has 0 aliphatic carbocycles. The molecule has 1 saturated heterocycles. The highest BCUT2D eigenvalue weighted by molar-refractivity contribution is 8.02. The summed E-state index contributed by atoms with van der Waals surface area (Å²) < 4.78 is 12.9. The quantitative estimate of drug-likeness (QED) is 0.724. The molecule has 2 amide bonds. The maximum Gasteiger partial charge on any atom is 0.252 e. The Kier molecular flexibility index (Phi) is 5.25. The first-order valence-corrected chi connectivity index (χ1v) is 10.7. The van der Waals surface area contributed by atoms with Crippen LogP contribution < -0.4 is 9.80 Å². The summed E-state index contributed by atoms with van der Waals surface area (Å²) in [6.45, 7) is 6.16. The molecule has 5 nitrogen and oxygen atoms in total. The van der Waals surface area contributed by atoms with Crippen molar-refractivity contribution in [2.45, 2.75) is 23.5 Å². The van der Waals surface area contributed by atoms with E-state index in [4.69, 9.17) is 0 Å². The number of piperazine rings is 1. The zero-order chi connectivity index (χ0) is 20.6. The second-order valence-electron chi connectivity index (χ2n) is 7.38. The zero-order valence-electron chi connectivity index (χ0n) is 16.6. The maximum atomic E-state index is 14.1. The molecule has 1 fully saturated rings. The molecule has 4 rings (SSSR count). The first-order valence-electron chi connectivity index (χ1n) is 9.84. The lowest BCUT2D eigenvalue weighted by atomic mass is 10.1. The van der Waals surface area contributed by atoms with E-state index in [2.05, 4.69) is 0 Å². The fourth-order valence-corrected chi connectivity index (χ4v) is 5.29. The normalized spacial score (nSPS) is 21.9. The van der Waals surface area contributed by atoms with Gasteiger partial charge in [-0.3, -0.25) is 9.59 Å². The smallest absolute Gasteiger partial charge is 0.252 e. The number of rotatable bonds is 3. The number of carbonyl (C=O) groups is 2. The van der Waals surface area contributed by atoms with E-state index in [0.717, 1.165) is 10.6 Å². The SMILES string of the molecule is CCN1C(=O)C(C)(C(=O)N2CCN(c3ccccc3F)CC2)Sc2ccccc21. The zero-order valence-corrected chi connectivity index (χ0v) is 17.4. The van der Waals surface area contributed by atoms with Crippen molar-refractivity contribution in [1.82, 2.24) is 4.90 Å². The van der Waals surface area contributed by atoms with Gasteiger partial charge in [-0.05, 0) is 38.1 Å². The third-order valence-corrected chi connectivity index (χ3v) is 6.93. The van der Waals surface area contributed by atoms with Crippen LogP contribution in [-0.2, 0) is 9.59 Å². The van der Waals surface area contributed by atoms with E-state index in [1.54, 1.807) is 28.9 Å². The summed E-state index contributed by atoms with van der Waals surface area (Å²) in [5, 5.41) is 0. The first kappa shape index (κ1) is 19.8. The van der Waals surface area contributed by atoms with Gasteiger partial charge in [0.15, 0.2) is 4.75 Å². The number of para-hydroxylation sites is 2. The topological polar surface area (TPSA) is 43.9 Å². The third-order valence-electron chi connectivity index (χ3n) is 5.61. The number of carbonyl (C=O) groups excluding carboxylic acids is 2. The summed E-state index contributed by atoms with van der Waals surface area (Å²) in [7, 11) is 0. The van der Waals surface area contributed by atoms with E-state index in [1.807, 2.05) is 42.2 Å². The van der Waals surface area contributed by atoms with Crippen molar-refractivity contribution in [2.24, 2.45) is 0 Å². The van der Waals surface area contributed by atoms with Crippen LogP contribution in [0.15, 0.2) is 53.4 Å². The van der Waals surface area contributed by atoms with Gasteiger partial charge in [0.05, 0.1) is 11.4 Å². The average molecular weight is 414 g/mol. The minimum Gasteiger partial charge on any atom is -0.366 e. The Morgan fingerprint density at radius 2 is 1.66 bits per heavy atom. The summed E-state index contributed by atoms with van der Waals surface area (Å²) >= 11 is 1.33. The van der Waals surface area contributed by atoms with Crippen molar-refractivity contribution >= 4 is 35.0 Å². The number of fused-ring (bicyclic) bond motifs is 1. The number of hydrogen-bond acceptors (Lipinski definition) is 4. The van der Waals surface area contributed by atoms with Crippen LogP contribution in [-0.4, -0.2) is 54.2 Å². The Labute approximate surface area is 174 Å². The highest BCUT2D eigenvalue weighted by atomic mass is 32.2. The molecule has 1 atom stereocenters. The second kappa shape index (κ2) is 7.71. The number of anilines is 2. The van der Waals surface area contributed by atoms with Crippen molar-refractivity contribution in [3.8, 4) is 0 Å². The number of thioether (sulfide) groups is 1. The van der Waals surface area contributed by atoms with Gasteiger partial charge >= 0.3 is 0 Å². The number of halogens is 1. The second-order valence-corrected chi connectivity index (χ2v) is 8.84. The highest BCUT2D eigenvalue weighted by Gasteiger charge is 2.50. The van der Waals surface area contributed by atoms with Crippen LogP contribution in [0, 0.1) is 5.82 Å². The maximum absolute atomic E-state index is 14.1. The molecule has 0 spiro atoms. The Balaban J connectivity index is 1.53. The van der Waals surface area contributed by atoms with Crippen LogP contribution in [0.4, 0.5) is 15.8 Å². The molecule has 0 N–H and O–H groups in total. The van der Waals surface area contributed by atoms with Gasteiger partial charge in [-0.1, -0.05) is 36.0 Å². The summed E-state index contributed by atoms with van der Waals surface area (Å²) in [4.78, 5) is 33.0. The van der Waals surface area contributed by atoms with Crippen molar-refractivity contribution in [3.63, 3.8) is 0 Å². The molecule has 2 aliphatic rings. The van der Waals surface area contributed by atoms with Crippen molar-refractivity contribution in [1.29, 1.82) is 0 Å². The first-order chi connectivity index (χ1) is 14.0. The molecule has 29 heavy (non-hydrogen) atoms. The van der Waals surface area contributed by atoms with E-state index in [-0.39, 0.29) is 17.6 Å². The van der Waals surface area contributed by atoms with Gasteiger partial charge in [-0.25, -0.2) is 4.39 Å². The molecular weight excluding hydrogens is 389 g/mol. The molecule has 0 aromatic heterocycles. The minimum atomic E-state index is -1.19. The number of nitrogens with zero attached hydrogens (tertiary/aromatic N) is 3. The van der Waals surface area contributed by atoms with Gasteiger partial charge in [-0.15, -0.1) is 0 Å². The Morgan fingerprint density at radius 3 is 2.31 bits per heavy atom. The van der Waals surface area contributed by atoms with Gasteiger partial charge < -0.3 is 14.7 Å².